The Labute approximate surface area is 163 Å². The molecule has 1 aromatic heterocycles. The number of carbonyl (C=O) groups excluding carboxylic acids is 1. The van der Waals surface area contributed by atoms with Crippen molar-refractivity contribution in [2.45, 2.75) is 19.4 Å². The predicted octanol–water partition coefficient (Wildman–Crippen LogP) is 5.66. The van der Waals surface area contributed by atoms with Crippen LogP contribution in [0.2, 0.25) is 10.0 Å². The van der Waals surface area contributed by atoms with E-state index in [0.29, 0.717) is 16.5 Å². The maximum atomic E-state index is 13.0. The summed E-state index contributed by atoms with van der Waals surface area (Å²) < 4.78 is 0. The highest BCUT2D eigenvalue weighted by atomic mass is 35.5. The van der Waals surface area contributed by atoms with E-state index in [2.05, 4.69) is 10.3 Å². The van der Waals surface area contributed by atoms with Crippen molar-refractivity contribution in [3.8, 4) is 0 Å². The molecular formula is C21H18Cl2N2O. The zero-order valence-electron chi connectivity index (χ0n) is 14.2. The maximum Gasteiger partial charge on any atom is 0.163 e. The van der Waals surface area contributed by atoms with E-state index in [4.69, 9.17) is 23.2 Å². The van der Waals surface area contributed by atoms with Crippen LogP contribution < -0.4 is 5.32 Å². The lowest BCUT2D eigenvalue weighted by Crippen LogP contribution is -2.23. The second-order valence-electron chi connectivity index (χ2n) is 6.07. The molecule has 3 nitrogen and oxygen atoms in total. The monoisotopic (exact) mass is 384 g/mol. The summed E-state index contributed by atoms with van der Waals surface area (Å²) in [5.41, 5.74) is 3.44. The summed E-state index contributed by atoms with van der Waals surface area (Å²) in [5.74, 6) is 0.0490. The summed E-state index contributed by atoms with van der Waals surface area (Å²) in [6.07, 6.45) is 2.04. The van der Waals surface area contributed by atoms with Crippen LogP contribution in [-0.4, -0.2) is 10.8 Å². The number of rotatable bonds is 6. The molecule has 0 radical (unpaired) electrons. The van der Waals surface area contributed by atoms with E-state index in [0.717, 1.165) is 22.5 Å². The smallest absolute Gasteiger partial charge is 0.163 e. The normalized spacial score (nSPS) is 11.8. The average Bonchev–Trinajstić information content (AvgIpc) is 2.65. The summed E-state index contributed by atoms with van der Waals surface area (Å²) in [6, 6.07) is 18.2. The number of nitrogens with one attached hydrogen (secondary N) is 1. The minimum Gasteiger partial charge on any atom is -0.372 e. The van der Waals surface area contributed by atoms with Crippen molar-refractivity contribution in [2.24, 2.45) is 0 Å². The summed E-state index contributed by atoms with van der Waals surface area (Å²) in [5, 5.41) is 4.20. The molecule has 3 aromatic rings. The fourth-order valence-corrected chi connectivity index (χ4v) is 2.95. The molecule has 0 spiro atoms. The van der Waals surface area contributed by atoms with Gasteiger partial charge < -0.3 is 5.32 Å². The molecular weight excluding hydrogens is 367 g/mol. The van der Waals surface area contributed by atoms with Gasteiger partial charge in [0.2, 0.25) is 0 Å². The maximum absolute atomic E-state index is 13.0. The molecule has 1 heterocycles. The van der Waals surface area contributed by atoms with E-state index in [1.165, 1.54) is 0 Å². The number of halogens is 2. The third kappa shape index (κ3) is 4.63. The molecule has 26 heavy (non-hydrogen) atoms. The molecule has 2 aromatic carbocycles. The Bertz CT molecular complexity index is 896. The predicted molar refractivity (Wildman–Crippen MR) is 107 cm³/mol. The SMILES string of the molecule is Cc1ccc(CC(=O)C(Nc2ccc(Cl)c(Cl)c2)c2ccccc2)cn1. The Morgan fingerprint density at radius 1 is 1.04 bits per heavy atom. The zero-order valence-corrected chi connectivity index (χ0v) is 15.8. The Morgan fingerprint density at radius 3 is 2.46 bits per heavy atom. The topological polar surface area (TPSA) is 42.0 Å². The first-order valence-corrected chi connectivity index (χ1v) is 8.99. The van der Waals surface area contributed by atoms with Gasteiger partial charge in [-0.2, -0.15) is 0 Å². The number of hydrogen-bond donors (Lipinski definition) is 1. The number of benzene rings is 2. The van der Waals surface area contributed by atoms with Crippen molar-refractivity contribution in [3.05, 3.63) is 93.7 Å². The Balaban J connectivity index is 1.86. The van der Waals surface area contributed by atoms with Crippen LogP contribution in [0, 0.1) is 6.92 Å². The highest BCUT2D eigenvalue weighted by Gasteiger charge is 2.21. The molecule has 0 bridgehead atoms. The molecule has 0 saturated heterocycles. The first-order valence-electron chi connectivity index (χ1n) is 8.24. The number of Topliss-reactive ketones (excluding diaryl/α,β-unsaturated/α-hetero) is 1. The van der Waals surface area contributed by atoms with E-state index >= 15 is 0 Å². The zero-order chi connectivity index (χ0) is 18.5. The minimum atomic E-state index is -0.491. The largest absolute Gasteiger partial charge is 0.372 e. The number of aromatic nitrogens is 1. The third-order valence-corrected chi connectivity index (χ3v) is 4.78. The van der Waals surface area contributed by atoms with E-state index in [-0.39, 0.29) is 5.78 Å². The van der Waals surface area contributed by atoms with Crippen molar-refractivity contribution in [1.82, 2.24) is 4.98 Å². The average molecular weight is 385 g/mol. The third-order valence-electron chi connectivity index (χ3n) is 4.04. The molecule has 1 unspecified atom stereocenters. The quantitative estimate of drug-likeness (QED) is 0.595. The van der Waals surface area contributed by atoms with Crippen LogP contribution >= 0.6 is 23.2 Å². The van der Waals surface area contributed by atoms with Crippen molar-refractivity contribution in [2.75, 3.05) is 5.32 Å². The molecule has 0 fully saturated rings. The summed E-state index contributed by atoms with van der Waals surface area (Å²) in [7, 11) is 0. The number of anilines is 1. The minimum absolute atomic E-state index is 0.0490. The van der Waals surface area contributed by atoms with Crippen LogP contribution in [-0.2, 0) is 11.2 Å². The van der Waals surface area contributed by atoms with Gasteiger partial charge in [0, 0.05) is 24.0 Å². The number of carbonyl (C=O) groups is 1. The molecule has 0 amide bonds. The molecule has 1 atom stereocenters. The Kier molecular flexibility index (Phi) is 5.92. The van der Waals surface area contributed by atoms with Crippen molar-refractivity contribution >= 4 is 34.7 Å². The van der Waals surface area contributed by atoms with Gasteiger partial charge in [-0.05, 0) is 42.3 Å². The highest BCUT2D eigenvalue weighted by Crippen LogP contribution is 2.28. The first kappa shape index (κ1) is 18.4. The van der Waals surface area contributed by atoms with Crippen LogP contribution in [0.5, 0.6) is 0 Å². The Hall–Kier alpha value is -2.36. The van der Waals surface area contributed by atoms with E-state index in [1.807, 2.05) is 55.5 Å². The van der Waals surface area contributed by atoms with Gasteiger partial charge in [-0.25, -0.2) is 0 Å². The second-order valence-corrected chi connectivity index (χ2v) is 6.88. The second kappa shape index (κ2) is 8.35. The van der Waals surface area contributed by atoms with Gasteiger partial charge in [0.15, 0.2) is 5.78 Å². The number of ketones is 1. The lowest BCUT2D eigenvalue weighted by atomic mass is 9.97. The number of hydrogen-bond acceptors (Lipinski definition) is 3. The van der Waals surface area contributed by atoms with Crippen molar-refractivity contribution in [1.29, 1.82) is 0 Å². The Morgan fingerprint density at radius 2 is 1.81 bits per heavy atom. The van der Waals surface area contributed by atoms with E-state index in [1.54, 1.807) is 18.3 Å². The number of aryl methyl sites for hydroxylation is 1. The summed E-state index contributed by atoms with van der Waals surface area (Å²) in [6.45, 7) is 1.92. The molecule has 5 heteroatoms. The van der Waals surface area contributed by atoms with Crippen LogP contribution in [0.25, 0.3) is 0 Å². The highest BCUT2D eigenvalue weighted by molar-refractivity contribution is 6.42. The molecule has 0 saturated carbocycles. The molecule has 0 aliphatic heterocycles. The van der Waals surface area contributed by atoms with Gasteiger partial charge in [0.1, 0.15) is 6.04 Å². The van der Waals surface area contributed by atoms with Gasteiger partial charge in [-0.1, -0.05) is 59.6 Å². The fourth-order valence-electron chi connectivity index (χ4n) is 2.65. The van der Waals surface area contributed by atoms with Crippen molar-refractivity contribution < 1.29 is 4.79 Å². The molecule has 1 N–H and O–H groups in total. The van der Waals surface area contributed by atoms with E-state index in [9.17, 15) is 4.79 Å². The van der Waals surface area contributed by atoms with Gasteiger partial charge in [-0.15, -0.1) is 0 Å². The van der Waals surface area contributed by atoms with Gasteiger partial charge in [0.05, 0.1) is 10.0 Å². The van der Waals surface area contributed by atoms with Crippen LogP contribution in [0.3, 0.4) is 0 Å². The molecule has 132 valence electrons. The van der Waals surface area contributed by atoms with Crippen molar-refractivity contribution in [3.63, 3.8) is 0 Å². The van der Waals surface area contributed by atoms with Crippen LogP contribution in [0.15, 0.2) is 66.9 Å². The lowest BCUT2D eigenvalue weighted by Gasteiger charge is -2.20. The van der Waals surface area contributed by atoms with E-state index < -0.39 is 6.04 Å². The van der Waals surface area contributed by atoms with Gasteiger partial charge in [-0.3, -0.25) is 9.78 Å². The van der Waals surface area contributed by atoms with Crippen LogP contribution in [0.1, 0.15) is 22.9 Å². The van der Waals surface area contributed by atoms with Gasteiger partial charge in [0.25, 0.3) is 0 Å². The summed E-state index contributed by atoms with van der Waals surface area (Å²) in [4.78, 5) is 17.3. The molecule has 3 rings (SSSR count). The number of nitrogens with zero attached hydrogens (tertiary/aromatic N) is 1. The lowest BCUT2D eigenvalue weighted by molar-refractivity contribution is -0.119. The summed E-state index contributed by atoms with van der Waals surface area (Å²) >= 11 is 12.1. The standard InChI is InChI=1S/C21H18Cl2N2O/c1-14-7-8-15(13-24-14)11-20(26)21(16-5-3-2-4-6-16)25-17-9-10-18(22)19(23)12-17/h2-10,12-13,21,25H,11H2,1H3. The molecule has 0 aliphatic carbocycles. The first-order chi connectivity index (χ1) is 12.5. The van der Waals surface area contributed by atoms with Crippen LogP contribution in [0.4, 0.5) is 5.69 Å². The number of pyridine rings is 1. The fraction of sp³-hybridized carbons (Fsp3) is 0.143. The molecule has 0 aliphatic rings. The van der Waals surface area contributed by atoms with Gasteiger partial charge >= 0.3 is 0 Å².